The molecule has 108 valence electrons. The molecule has 0 radical (unpaired) electrons. The first-order valence-corrected chi connectivity index (χ1v) is 7.03. The number of rotatable bonds is 6. The Morgan fingerprint density at radius 1 is 1.35 bits per heavy atom. The summed E-state index contributed by atoms with van der Waals surface area (Å²) in [5, 5.41) is 0. The van der Waals surface area contributed by atoms with Crippen LogP contribution in [0.4, 0.5) is 0 Å². The Bertz CT molecular complexity index is 548. The van der Waals surface area contributed by atoms with Crippen molar-refractivity contribution in [3.05, 3.63) is 36.3 Å². The highest BCUT2D eigenvalue weighted by atomic mass is 16.5. The molecule has 0 aliphatic carbocycles. The Hall–Kier alpha value is -1.81. The topological polar surface area (TPSA) is 63.9 Å². The SMILES string of the molecule is COc1cccc(-c2cnc(C(CN)CC(C)C)[nH]2)c1. The van der Waals surface area contributed by atoms with Crippen molar-refractivity contribution in [2.75, 3.05) is 13.7 Å². The molecule has 2 aromatic rings. The van der Waals surface area contributed by atoms with E-state index < -0.39 is 0 Å². The Morgan fingerprint density at radius 2 is 2.15 bits per heavy atom. The molecule has 1 heterocycles. The normalized spacial score (nSPS) is 12.7. The van der Waals surface area contributed by atoms with Gasteiger partial charge in [0.2, 0.25) is 0 Å². The number of hydrogen-bond donors (Lipinski definition) is 2. The number of nitrogens with two attached hydrogens (primary N) is 1. The lowest BCUT2D eigenvalue weighted by Gasteiger charge is -2.14. The highest BCUT2D eigenvalue weighted by Crippen LogP contribution is 2.26. The van der Waals surface area contributed by atoms with E-state index in [9.17, 15) is 0 Å². The van der Waals surface area contributed by atoms with E-state index in [-0.39, 0.29) is 5.92 Å². The third kappa shape index (κ3) is 3.39. The van der Waals surface area contributed by atoms with Gasteiger partial charge < -0.3 is 15.5 Å². The second-order valence-electron chi connectivity index (χ2n) is 5.48. The molecule has 4 nitrogen and oxygen atoms in total. The molecule has 0 aliphatic heterocycles. The van der Waals surface area contributed by atoms with E-state index in [2.05, 4.69) is 23.8 Å². The number of benzene rings is 1. The van der Waals surface area contributed by atoms with Gasteiger partial charge in [0.25, 0.3) is 0 Å². The molecular weight excluding hydrogens is 250 g/mol. The van der Waals surface area contributed by atoms with Crippen LogP contribution in [0.15, 0.2) is 30.5 Å². The molecule has 0 aliphatic rings. The summed E-state index contributed by atoms with van der Waals surface area (Å²) in [5.74, 6) is 2.71. The average molecular weight is 273 g/mol. The van der Waals surface area contributed by atoms with Crippen molar-refractivity contribution in [1.82, 2.24) is 9.97 Å². The van der Waals surface area contributed by atoms with Crippen LogP contribution in [0, 0.1) is 5.92 Å². The predicted molar refractivity (Wildman–Crippen MR) is 81.8 cm³/mol. The summed E-state index contributed by atoms with van der Waals surface area (Å²) in [4.78, 5) is 7.89. The predicted octanol–water partition coefficient (Wildman–Crippen LogP) is 3.17. The summed E-state index contributed by atoms with van der Waals surface area (Å²) in [7, 11) is 1.67. The molecular formula is C16H23N3O. The lowest BCUT2D eigenvalue weighted by molar-refractivity contribution is 0.415. The summed E-state index contributed by atoms with van der Waals surface area (Å²) in [6, 6.07) is 7.95. The van der Waals surface area contributed by atoms with Crippen LogP contribution in [0.2, 0.25) is 0 Å². The first-order valence-electron chi connectivity index (χ1n) is 7.03. The maximum atomic E-state index is 5.87. The molecule has 20 heavy (non-hydrogen) atoms. The highest BCUT2D eigenvalue weighted by Gasteiger charge is 2.15. The van der Waals surface area contributed by atoms with Crippen molar-refractivity contribution in [2.45, 2.75) is 26.2 Å². The van der Waals surface area contributed by atoms with E-state index >= 15 is 0 Å². The number of nitrogens with one attached hydrogen (secondary N) is 1. The molecule has 0 amide bonds. The Balaban J connectivity index is 2.23. The van der Waals surface area contributed by atoms with Crippen molar-refractivity contribution < 1.29 is 4.74 Å². The van der Waals surface area contributed by atoms with Gasteiger partial charge in [-0.2, -0.15) is 0 Å². The van der Waals surface area contributed by atoms with Crippen LogP contribution in [-0.2, 0) is 0 Å². The number of methoxy groups -OCH3 is 1. The van der Waals surface area contributed by atoms with Gasteiger partial charge >= 0.3 is 0 Å². The second-order valence-corrected chi connectivity index (χ2v) is 5.48. The number of ether oxygens (including phenoxy) is 1. The Kier molecular flexibility index (Phi) is 4.79. The maximum Gasteiger partial charge on any atom is 0.119 e. The van der Waals surface area contributed by atoms with Crippen LogP contribution in [0.3, 0.4) is 0 Å². The molecule has 0 saturated heterocycles. The van der Waals surface area contributed by atoms with Crippen molar-refractivity contribution >= 4 is 0 Å². The fourth-order valence-corrected chi connectivity index (χ4v) is 2.37. The minimum absolute atomic E-state index is 0.286. The van der Waals surface area contributed by atoms with Gasteiger partial charge in [0, 0.05) is 18.0 Å². The zero-order chi connectivity index (χ0) is 14.5. The van der Waals surface area contributed by atoms with E-state index in [1.165, 1.54) is 0 Å². The number of imidazole rings is 1. The summed E-state index contributed by atoms with van der Waals surface area (Å²) >= 11 is 0. The van der Waals surface area contributed by atoms with Gasteiger partial charge in [-0.05, 0) is 24.5 Å². The van der Waals surface area contributed by atoms with Crippen LogP contribution in [0.1, 0.15) is 32.0 Å². The number of hydrogen-bond acceptors (Lipinski definition) is 3. The van der Waals surface area contributed by atoms with E-state index in [0.717, 1.165) is 29.3 Å². The lowest BCUT2D eigenvalue weighted by Crippen LogP contribution is -2.15. The van der Waals surface area contributed by atoms with E-state index in [4.69, 9.17) is 10.5 Å². The summed E-state index contributed by atoms with van der Waals surface area (Å²) in [6.45, 7) is 5.02. The number of aromatic amines is 1. The van der Waals surface area contributed by atoms with Crippen molar-refractivity contribution in [3.63, 3.8) is 0 Å². The second kappa shape index (κ2) is 6.57. The van der Waals surface area contributed by atoms with Gasteiger partial charge in [0.05, 0.1) is 19.0 Å². The average Bonchev–Trinajstić information content (AvgIpc) is 2.94. The van der Waals surface area contributed by atoms with Crippen molar-refractivity contribution in [1.29, 1.82) is 0 Å². The Morgan fingerprint density at radius 3 is 2.80 bits per heavy atom. The van der Waals surface area contributed by atoms with E-state index in [1.807, 2.05) is 30.5 Å². The minimum Gasteiger partial charge on any atom is -0.497 e. The zero-order valence-corrected chi connectivity index (χ0v) is 12.4. The largest absolute Gasteiger partial charge is 0.497 e. The van der Waals surface area contributed by atoms with E-state index in [0.29, 0.717) is 12.5 Å². The van der Waals surface area contributed by atoms with Gasteiger partial charge in [-0.3, -0.25) is 0 Å². The van der Waals surface area contributed by atoms with Crippen LogP contribution >= 0.6 is 0 Å². The van der Waals surface area contributed by atoms with Crippen molar-refractivity contribution in [3.8, 4) is 17.0 Å². The van der Waals surface area contributed by atoms with Gasteiger partial charge in [0.15, 0.2) is 0 Å². The van der Waals surface area contributed by atoms with Crippen LogP contribution in [-0.4, -0.2) is 23.6 Å². The fourth-order valence-electron chi connectivity index (χ4n) is 2.37. The third-order valence-corrected chi connectivity index (χ3v) is 3.40. The zero-order valence-electron chi connectivity index (χ0n) is 12.4. The molecule has 0 fully saturated rings. The molecule has 1 aromatic carbocycles. The summed E-state index contributed by atoms with van der Waals surface area (Å²) in [6.07, 6.45) is 2.91. The van der Waals surface area contributed by atoms with E-state index in [1.54, 1.807) is 7.11 Å². The molecule has 1 atom stereocenters. The quantitative estimate of drug-likeness (QED) is 0.849. The van der Waals surface area contributed by atoms with Gasteiger partial charge in [-0.25, -0.2) is 4.98 Å². The Labute approximate surface area is 120 Å². The van der Waals surface area contributed by atoms with Gasteiger partial charge in [0.1, 0.15) is 11.6 Å². The highest BCUT2D eigenvalue weighted by molar-refractivity contribution is 5.60. The molecule has 0 spiro atoms. The summed E-state index contributed by atoms with van der Waals surface area (Å²) in [5.41, 5.74) is 7.94. The first-order chi connectivity index (χ1) is 9.63. The molecule has 1 unspecified atom stereocenters. The standard InChI is InChI=1S/C16H23N3O/c1-11(2)7-13(9-17)16-18-10-15(19-16)12-5-4-6-14(8-12)20-3/h4-6,8,10-11,13H,7,9,17H2,1-3H3,(H,18,19). The molecule has 0 bridgehead atoms. The fraction of sp³-hybridized carbons (Fsp3) is 0.438. The van der Waals surface area contributed by atoms with Crippen LogP contribution in [0.5, 0.6) is 5.75 Å². The minimum atomic E-state index is 0.286. The number of nitrogens with zero attached hydrogens (tertiary/aromatic N) is 1. The summed E-state index contributed by atoms with van der Waals surface area (Å²) < 4.78 is 5.25. The monoisotopic (exact) mass is 273 g/mol. The maximum absolute atomic E-state index is 5.87. The first kappa shape index (κ1) is 14.6. The molecule has 2 rings (SSSR count). The molecule has 0 saturated carbocycles. The smallest absolute Gasteiger partial charge is 0.119 e. The molecule has 4 heteroatoms. The number of H-pyrrole nitrogens is 1. The number of aromatic nitrogens is 2. The van der Waals surface area contributed by atoms with Crippen LogP contribution < -0.4 is 10.5 Å². The third-order valence-electron chi connectivity index (χ3n) is 3.40. The van der Waals surface area contributed by atoms with Crippen LogP contribution in [0.25, 0.3) is 11.3 Å². The van der Waals surface area contributed by atoms with Crippen molar-refractivity contribution in [2.24, 2.45) is 11.7 Å². The lowest BCUT2D eigenvalue weighted by atomic mass is 9.97. The molecule has 1 aromatic heterocycles. The van der Waals surface area contributed by atoms with Gasteiger partial charge in [-0.1, -0.05) is 26.0 Å². The molecule has 3 N–H and O–H groups in total. The van der Waals surface area contributed by atoms with Gasteiger partial charge in [-0.15, -0.1) is 0 Å².